The number of methoxy groups -OCH3 is 1. The van der Waals surface area contributed by atoms with E-state index in [-0.39, 0.29) is 17.2 Å². The zero-order valence-electron chi connectivity index (χ0n) is 14.3. The van der Waals surface area contributed by atoms with Crippen LogP contribution in [0.2, 0.25) is 0 Å². The molecule has 124 valence electrons. The Bertz CT molecular complexity index is 640. The second kappa shape index (κ2) is 5.55. The molecular formula is C18H24N2O3. The highest BCUT2D eigenvalue weighted by Gasteiger charge is 2.53. The van der Waals surface area contributed by atoms with E-state index in [1.165, 1.54) is 0 Å². The molecule has 0 N–H and O–H groups in total. The average molecular weight is 316 g/mol. The molecule has 0 unspecified atom stereocenters. The summed E-state index contributed by atoms with van der Waals surface area (Å²) in [4.78, 5) is 27.7. The van der Waals surface area contributed by atoms with Crippen molar-refractivity contribution in [3.05, 3.63) is 29.3 Å². The van der Waals surface area contributed by atoms with Gasteiger partial charge in [0, 0.05) is 44.1 Å². The number of carbonyl (C=O) groups excluding carboxylic acids is 2. The Morgan fingerprint density at radius 1 is 1.13 bits per heavy atom. The highest BCUT2D eigenvalue weighted by atomic mass is 16.5. The molecule has 23 heavy (non-hydrogen) atoms. The van der Waals surface area contributed by atoms with Crippen molar-refractivity contribution in [2.24, 2.45) is 5.41 Å². The van der Waals surface area contributed by atoms with Gasteiger partial charge in [-0.2, -0.15) is 0 Å². The fraction of sp³-hybridized carbons (Fsp3) is 0.556. The first-order valence-electron chi connectivity index (χ1n) is 8.08. The number of hydrogen-bond donors (Lipinski definition) is 0. The van der Waals surface area contributed by atoms with Crippen molar-refractivity contribution < 1.29 is 14.3 Å². The molecule has 0 atom stereocenters. The maximum atomic E-state index is 12.6. The molecule has 0 saturated carbocycles. The van der Waals surface area contributed by atoms with Gasteiger partial charge in [0.2, 0.25) is 5.91 Å². The predicted octanol–water partition coefficient (Wildman–Crippen LogP) is 2.12. The number of ether oxygens (including phenoxy) is 1. The second-order valence-corrected chi connectivity index (χ2v) is 7.15. The third-order valence-electron chi connectivity index (χ3n) is 4.94. The highest BCUT2D eigenvalue weighted by molar-refractivity contribution is 5.95. The summed E-state index contributed by atoms with van der Waals surface area (Å²) in [7, 11) is 1.65. The van der Waals surface area contributed by atoms with Crippen molar-refractivity contribution in [1.29, 1.82) is 0 Å². The van der Waals surface area contributed by atoms with E-state index in [2.05, 4.69) is 13.8 Å². The summed E-state index contributed by atoms with van der Waals surface area (Å²) >= 11 is 0. The van der Waals surface area contributed by atoms with Crippen LogP contribution in [0.25, 0.3) is 0 Å². The van der Waals surface area contributed by atoms with Gasteiger partial charge in [-0.1, -0.05) is 13.8 Å². The topological polar surface area (TPSA) is 49.9 Å². The smallest absolute Gasteiger partial charge is 0.253 e. The Labute approximate surface area is 137 Å². The van der Waals surface area contributed by atoms with Gasteiger partial charge in [-0.15, -0.1) is 0 Å². The fourth-order valence-electron chi connectivity index (χ4n) is 3.59. The van der Waals surface area contributed by atoms with Crippen LogP contribution < -0.4 is 4.74 Å². The van der Waals surface area contributed by atoms with Crippen molar-refractivity contribution in [3.8, 4) is 5.75 Å². The van der Waals surface area contributed by atoms with E-state index in [9.17, 15) is 9.59 Å². The van der Waals surface area contributed by atoms with E-state index in [0.717, 1.165) is 37.5 Å². The van der Waals surface area contributed by atoms with Crippen molar-refractivity contribution in [1.82, 2.24) is 9.80 Å². The standard InChI is InChI=1S/C18H24N2O3/c1-12(2)15-7-14(5-6-16(15)23-4)17(22)20-10-18(11-20)8-19(9-18)13(3)21/h5-7,12H,8-11H2,1-4H3. The van der Waals surface area contributed by atoms with Crippen molar-refractivity contribution in [2.45, 2.75) is 26.7 Å². The number of benzene rings is 1. The van der Waals surface area contributed by atoms with Crippen LogP contribution in [0.1, 0.15) is 42.6 Å². The molecular weight excluding hydrogens is 292 g/mol. The first-order chi connectivity index (χ1) is 10.8. The first kappa shape index (κ1) is 15.8. The molecule has 5 nitrogen and oxygen atoms in total. The van der Waals surface area contributed by atoms with Gasteiger partial charge in [-0.25, -0.2) is 0 Å². The van der Waals surface area contributed by atoms with Crippen LogP contribution in [0.15, 0.2) is 18.2 Å². The van der Waals surface area contributed by atoms with Crippen LogP contribution in [0.5, 0.6) is 5.75 Å². The molecule has 2 heterocycles. The normalized spacial score (nSPS) is 18.7. The van der Waals surface area contributed by atoms with Crippen LogP contribution in [-0.2, 0) is 4.79 Å². The number of rotatable bonds is 3. The quantitative estimate of drug-likeness (QED) is 0.858. The summed E-state index contributed by atoms with van der Waals surface area (Å²) < 4.78 is 5.37. The number of likely N-dealkylation sites (tertiary alicyclic amines) is 2. The summed E-state index contributed by atoms with van der Waals surface area (Å²) in [5.41, 5.74) is 1.92. The Hall–Kier alpha value is -2.04. The molecule has 2 aliphatic rings. The molecule has 1 spiro atoms. The number of nitrogens with zero attached hydrogens (tertiary/aromatic N) is 2. The molecule has 5 heteroatoms. The molecule has 1 aromatic carbocycles. The maximum Gasteiger partial charge on any atom is 0.253 e. The number of hydrogen-bond acceptors (Lipinski definition) is 3. The summed E-state index contributed by atoms with van der Waals surface area (Å²) in [6, 6.07) is 5.65. The van der Waals surface area contributed by atoms with Gasteiger partial charge in [0.05, 0.1) is 7.11 Å². The van der Waals surface area contributed by atoms with Gasteiger partial charge in [0.25, 0.3) is 5.91 Å². The molecule has 1 aromatic rings. The van der Waals surface area contributed by atoms with Crippen molar-refractivity contribution in [2.75, 3.05) is 33.3 Å². The Morgan fingerprint density at radius 3 is 2.26 bits per heavy atom. The monoisotopic (exact) mass is 316 g/mol. The minimum absolute atomic E-state index is 0.0708. The van der Waals surface area contributed by atoms with Crippen LogP contribution in [0.3, 0.4) is 0 Å². The number of amides is 2. The van der Waals surface area contributed by atoms with E-state index in [4.69, 9.17) is 4.74 Å². The van der Waals surface area contributed by atoms with Crippen molar-refractivity contribution in [3.63, 3.8) is 0 Å². The lowest BCUT2D eigenvalue weighted by Crippen LogP contribution is -2.73. The van der Waals surface area contributed by atoms with Gasteiger partial charge < -0.3 is 14.5 Å². The molecule has 0 radical (unpaired) electrons. The van der Waals surface area contributed by atoms with Gasteiger partial charge >= 0.3 is 0 Å². The van der Waals surface area contributed by atoms with Crippen LogP contribution in [-0.4, -0.2) is 54.9 Å². The van der Waals surface area contributed by atoms with Gasteiger partial charge in [0.15, 0.2) is 0 Å². The van der Waals surface area contributed by atoms with E-state index in [1.807, 2.05) is 28.0 Å². The van der Waals surface area contributed by atoms with Gasteiger partial charge in [-0.05, 0) is 29.7 Å². The fourth-order valence-corrected chi connectivity index (χ4v) is 3.59. The van der Waals surface area contributed by atoms with E-state index in [0.29, 0.717) is 11.5 Å². The molecule has 2 fully saturated rings. The molecule has 0 aliphatic carbocycles. The lowest BCUT2D eigenvalue weighted by atomic mass is 9.72. The average Bonchev–Trinajstić information content (AvgIpc) is 2.42. The zero-order valence-corrected chi connectivity index (χ0v) is 14.3. The van der Waals surface area contributed by atoms with Crippen LogP contribution >= 0.6 is 0 Å². The molecule has 2 saturated heterocycles. The lowest BCUT2D eigenvalue weighted by Gasteiger charge is -2.60. The summed E-state index contributed by atoms with van der Waals surface area (Å²) in [5, 5.41) is 0. The Morgan fingerprint density at radius 2 is 1.74 bits per heavy atom. The van der Waals surface area contributed by atoms with E-state index >= 15 is 0 Å². The van der Waals surface area contributed by atoms with E-state index < -0.39 is 0 Å². The molecule has 2 amide bonds. The number of carbonyl (C=O) groups is 2. The zero-order chi connectivity index (χ0) is 16.8. The minimum atomic E-state index is 0.0708. The third-order valence-corrected chi connectivity index (χ3v) is 4.94. The molecule has 2 aliphatic heterocycles. The SMILES string of the molecule is COc1ccc(C(=O)N2CC3(CN(C(C)=O)C3)C2)cc1C(C)C. The molecule has 0 aromatic heterocycles. The largest absolute Gasteiger partial charge is 0.496 e. The summed E-state index contributed by atoms with van der Waals surface area (Å²) in [6.45, 7) is 8.85. The third kappa shape index (κ3) is 2.69. The molecule has 3 rings (SSSR count). The highest BCUT2D eigenvalue weighted by Crippen LogP contribution is 2.40. The minimum Gasteiger partial charge on any atom is -0.496 e. The summed E-state index contributed by atoms with van der Waals surface area (Å²) in [6.07, 6.45) is 0. The first-order valence-corrected chi connectivity index (χ1v) is 8.08. The lowest BCUT2D eigenvalue weighted by molar-refractivity contribution is -0.152. The predicted molar refractivity (Wildman–Crippen MR) is 87.7 cm³/mol. The maximum absolute atomic E-state index is 12.6. The summed E-state index contributed by atoms with van der Waals surface area (Å²) in [5.74, 6) is 1.32. The van der Waals surface area contributed by atoms with Gasteiger partial charge in [-0.3, -0.25) is 9.59 Å². The second-order valence-electron chi connectivity index (χ2n) is 7.15. The van der Waals surface area contributed by atoms with Crippen molar-refractivity contribution >= 4 is 11.8 Å². The Balaban J connectivity index is 1.66. The van der Waals surface area contributed by atoms with Gasteiger partial charge in [0.1, 0.15) is 5.75 Å². The molecule has 0 bridgehead atoms. The Kier molecular flexibility index (Phi) is 3.82. The van der Waals surface area contributed by atoms with Crippen LogP contribution in [0.4, 0.5) is 0 Å². The van der Waals surface area contributed by atoms with E-state index in [1.54, 1.807) is 14.0 Å². The van der Waals surface area contributed by atoms with Crippen LogP contribution in [0, 0.1) is 5.41 Å².